The Hall–Kier alpha value is -1.12. The first-order valence-corrected chi connectivity index (χ1v) is 4.74. The Morgan fingerprint density at radius 2 is 1.93 bits per heavy atom. The van der Waals surface area contributed by atoms with Gasteiger partial charge in [0.2, 0.25) is 5.91 Å². The third-order valence-electron chi connectivity index (χ3n) is 1.03. The fourth-order valence-electron chi connectivity index (χ4n) is 0.417. The number of rotatable bonds is 4. The molecular weight excluding hydrogens is 225 g/mol. The molecule has 0 saturated carbocycles. The second kappa shape index (κ2) is 4.40. The van der Waals surface area contributed by atoms with Gasteiger partial charge in [-0.1, -0.05) is 0 Å². The number of alkyl halides is 3. The standard InChI is InChI=1S/C5H7F3N2O3S/c6-5(7,8)14(12,13)10-3-1-2-4(9)11/h3H,1-2H2,(H2,9,11). The van der Waals surface area contributed by atoms with Crippen LogP contribution in [-0.2, 0) is 14.8 Å². The normalized spacial score (nSPS) is 13.4. The Morgan fingerprint density at radius 1 is 1.43 bits per heavy atom. The first-order chi connectivity index (χ1) is 6.17. The Balaban J connectivity index is 4.32. The Kier molecular flexibility index (Phi) is 4.05. The van der Waals surface area contributed by atoms with Gasteiger partial charge in [0.15, 0.2) is 0 Å². The minimum absolute atomic E-state index is 0.245. The largest absolute Gasteiger partial charge is 0.518 e. The van der Waals surface area contributed by atoms with E-state index < -0.39 is 21.4 Å². The summed E-state index contributed by atoms with van der Waals surface area (Å²) in [7, 11) is -5.48. The number of amides is 1. The molecule has 9 heteroatoms. The molecule has 0 rings (SSSR count). The zero-order valence-electron chi connectivity index (χ0n) is 6.78. The van der Waals surface area contributed by atoms with Crippen LogP contribution in [0.5, 0.6) is 0 Å². The van der Waals surface area contributed by atoms with Crippen molar-refractivity contribution in [2.24, 2.45) is 10.1 Å². The van der Waals surface area contributed by atoms with Crippen molar-refractivity contribution < 1.29 is 26.4 Å². The van der Waals surface area contributed by atoms with Gasteiger partial charge in [0.1, 0.15) is 0 Å². The summed E-state index contributed by atoms with van der Waals surface area (Å²) >= 11 is 0. The number of sulfonamides is 1. The fourth-order valence-corrected chi connectivity index (χ4v) is 0.839. The van der Waals surface area contributed by atoms with Crippen molar-refractivity contribution in [2.75, 3.05) is 0 Å². The van der Waals surface area contributed by atoms with Crippen LogP contribution in [0, 0.1) is 0 Å². The highest BCUT2D eigenvalue weighted by Crippen LogP contribution is 2.24. The second-order valence-corrected chi connectivity index (χ2v) is 3.84. The minimum Gasteiger partial charge on any atom is -0.370 e. The van der Waals surface area contributed by atoms with E-state index >= 15 is 0 Å². The Bertz CT molecular complexity index is 333. The average molecular weight is 232 g/mol. The summed E-state index contributed by atoms with van der Waals surface area (Å²) in [6, 6.07) is 0. The molecule has 0 aliphatic heterocycles. The maximum Gasteiger partial charge on any atom is 0.518 e. The van der Waals surface area contributed by atoms with Crippen molar-refractivity contribution in [1.82, 2.24) is 0 Å². The fraction of sp³-hybridized carbons (Fsp3) is 0.600. The molecule has 82 valence electrons. The van der Waals surface area contributed by atoms with Crippen LogP contribution in [0.25, 0.3) is 0 Å². The molecule has 0 aromatic heterocycles. The molecule has 0 spiro atoms. The topological polar surface area (TPSA) is 89.6 Å². The zero-order valence-corrected chi connectivity index (χ0v) is 7.60. The predicted molar refractivity (Wildman–Crippen MR) is 41.9 cm³/mol. The summed E-state index contributed by atoms with van der Waals surface area (Å²) in [6.45, 7) is 0. The number of hydrogen-bond donors (Lipinski definition) is 1. The van der Waals surface area contributed by atoms with Gasteiger partial charge in [0.25, 0.3) is 0 Å². The molecule has 1 amide bonds. The Labute approximate surface area is 77.9 Å². The van der Waals surface area contributed by atoms with Crippen LogP contribution >= 0.6 is 0 Å². The lowest BCUT2D eigenvalue weighted by atomic mass is 10.3. The molecule has 5 nitrogen and oxygen atoms in total. The third-order valence-corrected chi connectivity index (χ3v) is 2.04. The van der Waals surface area contributed by atoms with Gasteiger partial charge in [0, 0.05) is 12.6 Å². The van der Waals surface area contributed by atoms with E-state index in [1.54, 1.807) is 0 Å². The number of hydrogen-bond acceptors (Lipinski definition) is 3. The molecule has 0 fully saturated rings. The summed E-state index contributed by atoms with van der Waals surface area (Å²) in [4.78, 5) is 10.1. The van der Waals surface area contributed by atoms with Gasteiger partial charge >= 0.3 is 15.5 Å². The molecule has 0 radical (unpaired) electrons. The van der Waals surface area contributed by atoms with Crippen molar-refractivity contribution in [2.45, 2.75) is 18.3 Å². The van der Waals surface area contributed by atoms with Crippen molar-refractivity contribution in [3.63, 3.8) is 0 Å². The van der Waals surface area contributed by atoms with E-state index in [9.17, 15) is 26.4 Å². The van der Waals surface area contributed by atoms with E-state index in [1.807, 2.05) is 0 Å². The van der Waals surface area contributed by atoms with Gasteiger partial charge in [0.05, 0.1) is 0 Å². The van der Waals surface area contributed by atoms with Gasteiger partial charge in [-0.3, -0.25) is 4.79 Å². The molecule has 2 N–H and O–H groups in total. The van der Waals surface area contributed by atoms with Crippen molar-refractivity contribution >= 4 is 22.1 Å². The van der Waals surface area contributed by atoms with Gasteiger partial charge in [-0.25, -0.2) is 0 Å². The van der Waals surface area contributed by atoms with Gasteiger partial charge in [-0.05, 0) is 6.42 Å². The molecule has 0 atom stereocenters. The lowest BCUT2D eigenvalue weighted by Crippen LogP contribution is -2.20. The van der Waals surface area contributed by atoms with Crippen LogP contribution < -0.4 is 5.73 Å². The zero-order chi connectivity index (χ0) is 11.4. The first kappa shape index (κ1) is 12.9. The van der Waals surface area contributed by atoms with E-state index in [4.69, 9.17) is 0 Å². The highest BCUT2D eigenvalue weighted by molar-refractivity contribution is 7.91. The first-order valence-electron chi connectivity index (χ1n) is 3.30. The van der Waals surface area contributed by atoms with Crippen LogP contribution in [0.1, 0.15) is 12.8 Å². The van der Waals surface area contributed by atoms with E-state index in [-0.39, 0.29) is 12.8 Å². The highest BCUT2D eigenvalue weighted by atomic mass is 32.2. The minimum atomic E-state index is -5.48. The molecule has 0 bridgehead atoms. The number of primary amides is 1. The molecule has 0 saturated heterocycles. The number of carbonyl (C=O) groups excluding carboxylic acids is 1. The van der Waals surface area contributed by atoms with Crippen LogP contribution in [0.2, 0.25) is 0 Å². The van der Waals surface area contributed by atoms with Crippen LogP contribution in [0.4, 0.5) is 13.2 Å². The molecular formula is C5H7F3N2O3S. The van der Waals surface area contributed by atoms with Gasteiger partial charge in [-0.2, -0.15) is 26.0 Å². The lowest BCUT2D eigenvalue weighted by molar-refractivity contribution is -0.117. The van der Waals surface area contributed by atoms with Crippen LogP contribution in [0.15, 0.2) is 4.40 Å². The summed E-state index contributed by atoms with van der Waals surface area (Å²) in [5, 5.41) is 0. The maximum atomic E-state index is 11.6. The highest BCUT2D eigenvalue weighted by Gasteiger charge is 2.45. The Morgan fingerprint density at radius 3 is 2.29 bits per heavy atom. The molecule has 0 unspecified atom stereocenters. The van der Waals surface area contributed by atoms with Crippen molar-refractivity contribution in [1.29, 1.82) is 0 Å². The summed E-state index contributed by atoms with van der Waals surface area (Å²) in [5.41, 5.74) is -0.751. The smallest absolute Gasteiger partial charge is 0.370 e. The monoisotopic (exact) mass is 232 g/mol. The second-order valence-electron chi connectivity index (χ2n) is 2.21. The summed E-state index contributed by atoms with van der Waals surface area (Å²) < 4.78 is 57.7. The molecule has 0 aromatic rings. The lowest BCUT2D eigenvalue weighted by Gasteiger charge is -2.01. The van der Waals surface area contributed by atoms with Gasteiger partial charge in [-0.15, -0.1) is 0 Å². The SMILES string of the molecule is NC(=O)CCC=NS(=O)(=O)C(F)(F)F. The van der Waals surface area contributed by atoms with E-state index in [1.165, 1.54) is 0 Å². The number of carbonyl (C=O) groups is 1. The van der Waals surface area contributed by atoms with Crippen molar-refractivity contribution in [3.8, 4) is 0 Å². The third kappa shape index (κ3) is 4.21. The number of nitrogens with two attached hydrogens (primary N) is 1. The van der Waals surface area contributed by atoms with E-state index in [0.717, 1.165) is 0 Å². The molecule has 0 aromatic carbocycles. The maximum absolute atomic E-state index is 11.6. The molecule has 0 aliphatic rings. The average Bonchev–Trinajstić information content (AvgIpc) is 1.95. The van der Waals surface area contributed by atoms with Crippen LogP contribution in [-0.4, -0.2) is 26.0 Å². The quantitative estimate of drug-likeness (QED) is 0.700. The molecule has 0 heterocycles. The van der Waals surface area contributed by atoms with Crippen molar-refractivity contribution in [3.05, 3.63) is 0 Å². The van der Waals surface area contributed by atoms with Crippen LogP contribution in [0.3, 0.4) is 0 Å². The summed E-state index contributed by atoms with van der Waals surface area (Å²) in [5.74, 6) is -0.749. The summed E-state index contributed by atoms with van der Waals surface area (Å²) in [6.07, 6.45) is -0.00486. The molecule has 14 heavy (non-hydrogen) atoms. The number of halogens is 3. The molecule has 0 aliphatic carbocycles. The number of nitrogens with zero attached hydrogens (tertiary/aromatic N) is 1. The van der Waals surface area contributed by atoms with E-state index in [2.05, 4.69) is 10.1 Å². The van der Waals surface area contributed by atoms with Gasteiger partial charge < -0.3 is 5.73 Å². The van der Waals surface area contributed by atoms with E-state index in [0.29, 0.717) is 6.21 Å². The predicted octanol–water partition coefficient (Wildman–Crippen LogP) is 0.172.